The van der Waals surface area contributed by atoms with Gasteiger partial charge in [0.1, 0.15) is 18.5 Å². The molecule has 1 unspecified atom stereocenters. The molecule has 182 valence electrons. The van der Waals surface area contributed by atoms with Crippen LogP contribution in [0.5, 0.6) is 0 Å². The summed E-state index contributed by atoms with van der Waals surface area (Å²) < 4.78 is 6.87. The van der Waals surface area contributed by atoms with E-state index < -0.39 is 24.0 Å². The minimum atomic E-state index is -1.11. The monoisotopic (exact) mass is 476 g/mol. The number of hydrogen-bond acceptors (Lipinski definition) is 5. The normalized spacial score (nSPS) is 13.9. The molecule has 0 saturated carbocycles. The molecule has 3 aromatic rings. The van der Waals surface area contributed by atoms with E-state index in [1.807, 2.05) is 43.3 Å². The Morgan fingerprint density at radius 3 is 2.26 bits per heavy atom. The van der Waals surface area contributed by atoms with Crippen LogP contribution in [0.25, 0.3) is 11.1 Å². The lowest BCUT2D eigenvalue weighted by Gasteiger charge is -2.19. The van der Waals surface area contributed by atoms with E-state index in [4.69, 9.17) is 4.74 Å². The first kappa shape index (κ1) is 24.0. The molecule has 0 spiro atoms. The van der Waals surface area contributed by atoms with Gasteiger partial charge in [0.05, 0.1) is 0 Å². The van der Waals surface area contributed by atoms with Crippen LogP contribution in [0.1, 0.15) is 47.8 Å². The summed E-state index contributed by atoms with van der Waals surface area (Å²) in [7, 11) is 1.57. The van der Waals surface area contributed by atoms with Gasteiger partial charge in [-0.25, -0.2) is 9.59 Å². The first-order valence-electron chi connectivity index (χ1n) is 11.5. The predicted octanol–water partition coefficient (Wildman–Crippen LogP) is 4.01. The van der Waals surface area contributed by atoms with Crippen molar-refractivity contribution in [3.63, 3.8) is 0 Å². The highest BCUT2D eigenvalue weighted by Gasteiger charge is 2.30. The number of fused-ring (bicyclic) bond motifs is 3. The quantitative estimate of drug-likeness (QED) is 0.452. The molecule has 0 aliphatic heterocycles. The number of benzene rings is 2. The summed E-state index contributed by atoms with van der Waals surface area (Å²) in [5, 5.41) is 18.6. The molecule has 2 aromatic carbocycles. The molecule has 1 aliphatic carbocycles. The second-order valence-electron chi connectivity index (χ2n) is 8.66. The third-order valence-electron chi connectivity index (χ3n) is 6.45. The van der Waals surface area contributed by atoms with Gasteiger partial charge in [-0.1, -0.05) is 68.8 Å². The van der Waals surface area contributed by atoms with Gasteiger partial charge in [-0.05, 0) is 28.2 Å². The minimum absolute atomic E-state index is 0.00370. The van der Waals surface area contributed by atoms with Gasteiger partial charge in [-0.3, -0.25) is 14.8 Å². The van der Waals surface area contributed by atoms with Crippen molar-refractivity contribution in [2.45, 2.75) is 32.2 Å². The van der Waals surface area contributed by atoms with Gasteiger partial charge in [0.15, 0.2) is 5.69 Å². The third kappa shape index (κ3) is 4.89. The molecule has 9 heteroatoms. The Labute approximate surface area is 203 Å². The number of carboxylic acid groups (broad SMARTS) is 1. The number of aromatic nitrogens is 2. The molecule has 0 fully saturated rings. The second-order valence-corrected chi connectivity index (χ2v) is 8.66. The van der Waals surface area contributed by atoms with E-state index in [2.05, 4.69) is 27.9 Å². The molecule has 35 heavy (non-hydrogen) atoms. The van der Waals surface area contributed by atoms with Crippen LogP contribution in [0.4, 0.5) is 10.6 Å². The highest BCUT2D eigenvalue weighted by atomic mass is 16.5. The van der Waals surface area contributed by atoms with Gasteiger partial charge >= 0.3 is 12.1 Å². The van der Waals surface area contributed by atoms with Gasteiger partial charge in [0.2, 0.25) is 0 Å². The minimum Gasteiger partial charge on any atom is -0.480 e. The number of nitrogens with zero attached hydrogens (tertiary/aromatic N) is 2. The lowest BCUT2D eigenvalue weighted by Crippen LogP contribution is -2.45. The molecule has 2 amide bonds. The molecule has 1 aliphatic rings. The van der Waals surface area contributed by atoms with Crippen LogP contribution in [0.15, 0.2) is 54.6 Å². The summed E-state index contributed by atoms with van der Waals surface area (Å²) in [5.74, 6) is -1.81. The zero-order valence-corrected chi connectivity index (χ0v) is 19.8. The molecule has 2 atom stereocenters. The Kier molecular flexibility index (Phi) is 6.86. The third-order valence-corrected chi connectivity index (χ3v) is 6.45. The molecular weight excluding hydrogens is 448 g/mol. The van der Waals surface area contributed by atoms with Crippen molar-refractivity contribution in [1.82, 2.24) is 15.1 Å². The number of carboxylic acids is 1. The smallest absolute Gasteiger partial charge is 0.412 e. The summed E-state index contributed by atoms with van der Waals surface area (Å²) in [6.07, 6.45) is -0.0848. The standard InChI is InChI=1S/C26H28N4O5/c1-4-15(2)23(25(32)33)28-24(31)21-13-22(30(3)29-21)27-26(34)35-14-20-18-11-7-5-9-16(18)17-10-6-8-12-19(17)20/h5-13,15,20,23H,4,14H2,1-3H3,(H,27,34)(H,28,31)(H,32,33)/t15?,23-/m0/s1. The number of aliphatic carboxylic acids is 1. The van der Waals surface area contributed by atoms with Crippen LogP contribution in [0.3, 0.4) is 0 Å². The van der Waals surface area contributed by atoms with E-state index in [0.717, 1.165) is 22.3 Å². The molecular formula is C26H28N4O5. The fourth-order valence-corrected chi connectivity index (χ4v) is 4.33. The molecule has 9 nitrogen and oxygen atoms in total. The van der Waals surface area contributed by atoms with Crippen molar-refractivity contribution >= 4 is 23.8 Å². The number of ether oxygens (including phenoxy) is 1. The fourth-order valence-electron chi connectivity index (χ4n) is 4.33. The average Bonchev–Trinajstić information content (AvgIpc) is 3.38. The summed E-state index contributed by atoms with van der Waals surface area (Å²) in [4.78, 5) is 36.6. The van der Waals surface area contributed by atoms with Crippen molar-refractivity contribution in [2.24, 2.45) is 13.0 Å². The van der Waals surface area contributed by atoms with E-state index in [1.165, 1.54) is 10.7 Å². The maximum absolute atomic E-state index is 12.6. The summed E-state index contributed by atoms with van der Waals surface area (Å²) >= 11 is 0. The lowest BCUT2D eigenvalue weighted by atomic mass is 9.98. The number of carbonyl (C=O) groups excluding carboxylic acids is 2. The van der Waals surface area contributed by atoms with E-state index in [-0.39, 0.29) is 30.0 Å². The zero-order chi connectivity index (χ0) is 25.1. The number of anilines is 1. The highest BCUT2D eigenvalue weighted by molar-refractivity contribution is 5.96. The van der Waals surface area contributed by atoms with Crippen molar-refractivity contribution < 1.29 is 24.2 Å². The lowest BCUT2D eigenvalue weighted by molar-refractivity contribution is -0.140. The Hall–Kier alpha value is -4.14. The Bertz CT molecular complexity index is 1220. The summed E-state index contributed by atoms with van der Waals surface area (Å²) in [5.41, 5.74) is 4.48. The van der Waals surface area contributed by atoms with Gasteiger partial charge in [-0.2, -0.15) is 5.10 Å². The van der Waals surface area contributed by atoms with Crippen LogP contribution in [0.2, 0.25) is 0 Å². The Balaban J connectivity index is 1.41. The van der Waals surface area contributed by atoms with Crippen LogP contribution in [-0.2, 0) is 16.6 Å². The SMILES string of the molecule is CCC(C)[C@H](NC(=O)c1cc(NC(=O)OCC2c3ccccc3-c3ccccc32)n(C)n1)C(=O)O. The summed E-state index contributed by atoms with van der Waals surface area (Å²) in [6, 6.07) is 16.5. The van der Waals surface area contributed by atoms with E-state index >= 15 is 0 Å². The summed E-state index contributed by atoms with van der Waals surface area (Å²) in [6.45, 7) is 3.76. The van der Waals surface area contributed by atoms with E-state index in [0.29, 0.717) is 6.42 Å². The van der Waals surface area contributed by atoms with Crippen molar-refractivity contribution in [3.05, 3.63) is 71.4 Å². The van der Waals surface area contributed by atoms with E-state index in [9.17, 15) is 19.5 Å². The number of rotatable bonds is 8. The molecule has 0 saturated heterocycles. The number of aryl methyl sites for hydroxylation is 1. The number of amides is 2. The van der Waals surface area contributed by atoms with Crippen LogP contribution in [-0.4, -0.2) is 45.5 Å². The fraction of sp³-hybridized carbons (Fsp3) is 0.308. The topological polar surface area (TPSA) is 123 Å². The van der Waals surface area contributed by atoms with Crippen molar-refractivity contribution in [1.29, 1.82) is 0 Å². The highest BCUT2D eigenvalue weighted by Crippen LogP contribution is 2.44. The van der Waals surface area contributed by atoms with Gasteiger partial charge in [0, 0.05) is 19.0 Å². The maximum atomic E-state index is 12.6. The van der Waals surface area contributed by atoms with Gasteiger partial charge in [-0.15, -0.1) is 0 Å². The molecule has 0 radical (unpaired) electrons. The zero-order valence-electron chi connectivity index (χ0n) is 19.8. The molecule has 1 heterocycles. The Morgan fingerprint density at radius 1 is 1.09 bits per heavy atom. The van der Waals surface area contributed by atoms with Crippen LogP contribution < -0.4 is 10.6 Å². The van der Waals surface area contributed by atoms with Crippen LogP contribution >= 0.6 is 0 Å². The van der Waals surface area contributed by atoms with Crippen molar-refractivity contribution in [3.8, 4) is 11.1 Å². The molecule has 4 rings (SSSR count). The van der Waals surface area contributed by atoms with Crippen LogP contribution in [0, 0.1) is 5.92 Å². The first-order valence-corrected chi connectivity index (χ1v) is 11.5. The molecule has 1 aromatic heterocycles. The first-order chi connectivity index (χ1) is 16.8. The Morgan fingerprint density at radius 2 is 1.69 bits per heavy atom. The second kappa shape index (κ2) is 10.0. The van der Waals surface area contributed by atoms with Gasteiger partial charge < -0.3 is 15.2 Å². The number of hydrogen-bond donors (Lipinski definition) is 3. The molecule has 0 bridgehead atoms. The largest absolute Gasteiger partial charge is 0.480 e. The number of carbonyl (C=O) groups is 3. The van der Waals surface area contributed by atoms with Crippen molar-refractivity contribution in [2.75, 3.05) is 11.9 Å². The van der Waals surface area contributed by atoms with Gasteiger partial charge in [0.25, 0.3) is 5.91 Å². The average molecular weight is 477 g/mol. The maximum Gasteiger partial charge on any atom is 0.412 e. The van der Waals surface area contributed by atoms with E-state index in [1.54, 1.807) is 14.0 Å². The molecule has 3 N–H and O–H groups in total. The number of nitrogens with one attached hydrogen (secondary N) is 2. The predicted molar refractivity (Wildman–Crippen MR) is 130 cm³/mol.